The molecule has 0 bridgehead atoms. The first kappa shape index (κ1) is 14.7. The molecular formula is C17H21NO2. The van der Waals surface area contributed by atoms with Crippen molar-refractivity contribution in [3.8, 4) is 6.07 Å². The minimum absolute atomic E-state index is 0.116. The van der Waals surface area contributed by atoms with E-state index in [-0.39, 0.29) is 5.78 Å². The Hall–Kier alpha value is -1.66. The third-order valence-corrected chi connectivity index (χ3v) is 4.07. The number of carbonyl (C=O) groups is 1. The third kappa shape index (κ3) is 2.76. The highest BCUT2D eigenvalue weighted by Crippen LogP contribution is 2.32. The predicted molar refractivity (Wildman–Crippen MR) is 77.5 cm³/mol. The van der Waals surface area contributed by atoms with Crippen LogP contribution in [0.5, 0.6) is 0 Å². The molecule has 20 heavy (non-hydrogen) atoms. The number of ketones is 1. The minimum atomic E-state index is -0.795. The van der Waals surface area contributed by atoms with E-state index in [2.05, 4.69) is 19.9 Å². The molecule has 0 radical (unpaired) electrons. The van der Waals surface area contributed by atoms with Crippen LogP contribution in [0.15, 0.2) is 24.3 Å². The van der Waals surface area contributed by atoms with Gasteiger partial charge in [-0.1, -0.05) is 38.1 Å². The van der Waals surface area contributed by atoms with Gasteiger partial charge in [0.15, 0.2) is 5.78 Å². The fourth-order valence-electron chi connectivity index (χ4n) is 2.64. The van der Waals surface area contributed by atoms with Gasteiger partial charge in [-0.15, -0.1) is 0 Å². The number of hydrogen-bond donors (Lipinski definition) is 0. The van der Waals surface area contributed by atoms with E-state index >= 15 is 0 Å². The van der Waals surface area contributed by atoms with Crippen molar-refractivity contribution in [2.24, 2.45) is 0 Å². The Morgan fingerprint density at radius 3 is 2.35 bits per heavy atom. The fraction of sp³-hybridized carbons (Fsp3) is 0.529. The fourth-order valence-corrected chi connectivity index (χ4v) is 2.64. The summed E-state index contributed by atoms with van der Waals surface area (Å²) >= 11 is 0. The molecule has 0 aromatic heterocycles. The Morgan fingerprint density at radius 1 is 1.30 bits per heavy atom. The normalized spacial score (nSPS) is 23.6. The van der Waals surface area contributed by atoms with Crippen LogP contribution < -0.4 is 0 Å². The van der Waals surface area contributed by atoms with Gasteiger partial charge in [-0.05, 0) is 36.8 Å². The second kappa shape index (κ2) is 5.76. The monoisotopic (exact) mass is 271 g/mol. The number of ether oxygens (including phenoxy) is 1. The van der Waals surface area contributed by atoms with E-state index in [1.54, 1.807) is 6.92 Å². The van der Waals surface area contributed by atoms with Crippen LogP contribution in [0.4, 0.5) is 0 Å². The van der Waals surface area contributed by atoms with Crippen LogP contribution >= 0.6 is 0 Å². The topological polar surface area (TPSA) is 50.1 Å². The molecule has 1 aliphatic heterocycles. The lowest BCUT2D eigenvalue weighted by Gasteiger charge is -2.24. The molecule has 1 heterocycles. The molecule has 2 rings (SSSR count). The van der Waals surface area contributed by atoms with Gasteiger partial charge < -0.3 is 4.74 Å². The summed E-state index contributed by atoms with van der Waals surface area (Å²) in [6.07, 6.45) is 1.58. The standard InChI is InChI=1S/C17H21NO2/c1-12(2)13-5-7-14(8-6-13)15(11-18)16(19)17(3)9-4-10-20-17/h5-8,12,15H,4,9-10H2,1-3H3. The second-order valence-corrected chi connectivity index (χ2v) is 5.93. The van der Waals surface area contributed by atoms with Crippen LogP contribution in [0.25, 0.3) is 0 Å². The molecule has 3 nitrogen and oxygen atoms in total. The third-order valence-electron chi connectivity index (χ3n) is 4.07. The maximum atomic E-state index is 12.6. The maximum Gasteiger partial charge on any atom is 0.185 e. The van der Waals surface area contributed by atoms with Gasteiger partial charge in [-0.2, -0.15) is 5.26 Å². The zero-order valence-electron chi connectivity index (χ0n) is 12.3. The SMILES string of the molecule is CC(C)c1ccc(C(C#N)C(=O)C2(C)CCCO2)cc1. The highest BCUT2D eigenvalue weighted by Gasteiger charge is 2.42. The molecule has 0 N–H and O–H groups in total. The summed E-state index contributed by atoms with van der Waals surface area (Å²) in [6.45, 7) is 6.65. The van der Waals surface area contributed by atoms with Crippen molar-refractivity contribution in [2.75, 3.05) is 6.61 Å². The number of benzene rings is 1. The average molecular weight is 271 g/mol. The highest BCUT2D eigenvalue weighted by atomic mass is 16.5. The summed E-state index contributed by atoms with van der Waals surface area (Å²) in [7, 11) is 0. The average Bonchev–Trinajstić information content (AvgIpc) is 2.88. The summed E-state index contributed by atoms with van der Waals surface area (Å²) in [5.41, 5.74) is 1.18. The number of nitriles is 1. The summed E-state index contributed by atoms with van der Waals surface area (Å²) in [6, 6.07) is 9.91. The number of rotatable bonds is 4. The molecule has 0 amide bonds. The van der Waals surface area contributed by atoms with Gasteiger partial charge in [0, 0.05) is 6.61 Å². The summed E-state index contributed by atoms with van der Waals surface area (Å²) < 4.78 is 5.57. The van der Waals surface area contributed by atoms with Crippen molar-refractivity contribution < 1.29 is 9.53 Å². The van der Waals surface area contributed by atoms with Crippen molar-refractivity contribution >= 4 is 5.78 Å². The molecule has 1 aromatic carbocycles. The van der Waals surface area contributed by atoms with Crippen LogP contribution in [0.3, 0.4) is 0 Å². The molecule has 1 fully saturated rings. The molecular weight excluding hydrogens is 250 g/mol. The quantitative estimate of drug-likeness (QED) is 0.841. The molecule has 2 unspecified atom stereocenters. The number of nitrogens with zero attached hydrogens (tertiary/aromatic N) is 1. The molecule has 0 saturated carbocycles. The van der Waals surface area contributed by atoms with Gasteiger partial charge in [0.2, 0.25) is 0 Å². The maximum absolute atomic E-state index is 12.6. The molecule has 106 valence electrons. The molecule has 0 spiro atoms. The van der Waals surface area contributed by atoms with Gasteiger partial charge in [-0.3, -0.25) is 4.79 Å². The molecule has 3 heteroatoms. The first-order chi connectivity index (χ1) is 9.48. The molecule has 2 atom stereocenters. The number of carbonyl (C=O) groups excluding carboxylic acids is 1. The van der Waals surface area contributed by atoms with Gasteiger partial charge in [0.1, 0.15) is 11.5 Å². The van der Waals surface area contributed by atoms with E-state index in [9.17, 15) is 10.1 Å². The lowest BCUT2D eigenvalue weighted by atomic mass is 9.84. The van der Waals surface area contributed by atoms with Gasteiger partial charge in [-0.25, -0.2) is 0 Å². The smallest absolute Gasteiger partial charge is 0.185 e. The largest absolute Gasteiger partial charge is 0.367 e. The molecule has 1 aromatic rings. The Bertz CT molecular complexity index is 519. The van der Waals surface area contributed by atoms with Crippen LogP contribution in [-0.4, -0.2) is 18.0 Å². The predicted octanol–water partition coefficient (Wildman–Crippen LogP) is 3.56. The molecule has 1 saturated heterocycles. The van der Waals surface area contributed by atoms with Crippen molar-refractivity contribution in [3.63, 3.8) is 0 Å². The lowest BCUT2D eigenvalue weighted by Crippen LogP contribution is -2.37. The summed E-state index contributed by atoms with van der Waals surface area (Å²) in [4.78, 5) is 12.6. The summed E-state index contributed by atoms with van der Waals surface area (Å²) in [5, 5.41) is 9.38. The lowest BCUT2D eigenvalue weighted by molar-refractivity contribution is -0.137. The van der Waals surface area contributed by atoms with Crippen molar-refractivity contribution in [2.45, 2.75) is 51.0 Å². The van der Waals surface area contributed by atoms with Crippen LogP contribution in [0.1, 0.15) is 56.6 Å². The van der Waals surface area contributed by atoms with Crippen LogP contribution in [-0.2, 0) is 9.53 Å². The number of hydrogen-bond acceptors (Lipinski definition) is 3. The van der Waals surface area contributed by atoms with E-state index in [4.69, 9.17) is 4.74 Å². The Kier molecular flexibility index (Phi) is 4.25. The van der Waals surface area contributed by atoms with Crippen molar-refractivity contribution in [1.82, 2.24) is 0 Å². The van der Waals surface area contributed by atoms with E-state index in [0.717, 1.165) is 12.0 Å². The van der Waals surface area contributed by atoms with E-state index in [1.807, 2.05) is 24.3 Å². The van der Waals surface area contributed by atoms with Crippen LogP contribution in [0, 0.1) is 11.3 Å². The summed E-state index contributed by atoms with van der Waals surface area (Å²) in [5.74, 6) is -0.412. The first-order valence-electron chi connectivity index (χ1n) is 7.15. The van der Waals surface area contributed by atoms with Gasteiger partial charge in [0.05, 0.1) is 6.07 Å². The Labute approximate surface area is 120 Å². The first-order valence-corrected chi connectivity index (χ1v) is 7.15. The Balaban J connectivity index is 2.24. The molecule has 0 aliphatic carbocycles. The Morgan fingerprint density at radius 2 is 1.90 bits per heavy atom. The van der Waals surface area contributed by atoms with Crippen molar-refractivity contribution in [1.29, 1.82) is 5.26 Å². The van der Waals surface area contributed by atoms with E-state index in [0.29, 0.717) is 18.9 Å². The van der Waals surface area contributed by atoms with Crippen LogP contribution in [0.2, 0.25) is 0 Å². The zero-order valence-corrected chi connectivity index (χ0v) is 12.3. The molecule has 1 aliphatic rings. The minimum Gasteiger partial charge on any atom is -0.367 e. The zero-order chi connectivity index (χ0) is 14.8. The second-order valence-electron chi connectivity index (χ2n) is 5.93. The van der Waals surface area contributed by atoms with Gasteiger partial charge in [0.25, 0.3) is 0 Å². The number of Topliss-reactive ketones (excluding diaryl/α,β-unsaturated/α-hetero) is 1. The van der Waals surface area contributed by atoms with E-state index in [1.165, 1.54) is 5.56 Å². The van der Waals surface area contributed by atoms with Crippen molar-refractivity contribution in [3.05, 3.63) is 35.4 Å². The highest BCUT2D eigenvalue weighted by molar-refractivity contribution is 5.95. The van der Waals surface area contributed by atoms with E-state index < -0.39 is 11.5 Å². The van der Waals surface area contributed by atoms with Gasteiger partial charge >= 0.3 is 0 Å².